The fraction of sp³-hybridized carbons (Fsp3) is 0.800. The van der Waals surface area contributed by atoms with Crippen molar-refractivity contribution in [3.63, 3.8) is 0 Å². The number of nitrogens with one attached hydrogen (secondary N) is 1. The molecule has 108 valence electrons. The zero-order chi connectivity index (χ0) is 13.8. The van der Waals surface area contributed by atoms with Crippen LogP contribution in [0, 0.1) is 11.8 Å². The van der Waals surface area contributed by atoms with Crippen molar-refractivity contribution in [1.82, 2.24) is 15.1 Å². The van der Waals surface area contributed by atoms with Gasteiger partial charge in [0.1, 0.15) is 0 Å². The summed E-state index contributed by atoms with van der Waals surface area (Å²) in [6.45, 7) is 8.51. The van der Waals surface area contributed by atoms with Crippen LogP contribution < -0.4 is 5.32 Å². The second-order valence-corrected chi connectivity index (χ2v) is 6.16. The Balaban J connectivity index is 2.21. The predicted octanol–water partition coefficient (Wildman–Crippen LogP) is 4.03. The smallest absolute Gasteiger partial charge is 0.0834 e. The Bertz CT molecular complexity index is 394. The number of hydrogen-bond acceptors (Lipinski definition) is 2. The van der Waals surface area contributed by atoms with Gasteiger partial charge in [-0.1, -0.05) is 38.3 Å². The normalized spacial score (nSPS) is 25.5. The summed E-state index contributed by atoms with van der Waals surface area (Å²) >= 11 is 6.38. The summed E-state index contributed by atoms with van der Waals surface area (Å²) in [4.78, 5) is 0. The van der Waals surface area contributed by atoms with E-state index in [-0.39, 0.29) is 0 Å². The first-order chi connectivity index (χ1) is 9.17. The lowest BCUT2D eigenvalue weighted by Gasteiger charge is -2.33. The molecule has 0 saturated heterocycles. The largest absolute Gasteiger partial charge is 0.309 e. The van der Waals surface area contributed by atoms with Gasteiger partial charge in [-0.05, 0) is 38.1 Å². The molecule has 0 amide bonds. The number of hydrogen-bond donors (Lipinski definition) is 1. The lowest BCUT2D eigenvalue weighted by atomic mass is 9.78. The minimum atomic E-state index is 0.354. The van der Waals surface area contributed by atoms with E-state index in [1.807, 2.05) is 4.68 Å². The summed E-state index contributed by atoms with van der Waals surface area (Å²) in [5.41, 5.74) is 1.19. The molecule has 1 N–H and O–H groups in total. The average Bonchev–Trinajstić information content (AvgIpc) is 2.78. The second-order valence-electron chi connectivity index (χ2n) is 5.75. The van der Waals surface area contributed by atoms with Crippen molar-refractivity contribution in [3.8, 4) is 0 Å². The zero-order valence-corrected chi connectivity index (χ0v) is 13.1. The van der Waals surface area contributed by atoms with Gasteiger partial charge in [0, 0.05) is 6.54 Å². The number of aromatic nitrogens is 2. The van der Waals surface area contributed by atoms with Crippen LogP contribution in [0.15, 0.2) is 6.20 Å². The van der Waals surface area contributed by atoms with Gasteiger partial charge in [0.05, 0.1) is 23.0 Å². The summed E-state index contributed by atoms with van der Waals surface area (Å²) in [6, 6.07) is 0.354. The molecule has 1 saturated carbocycles. The molecule has 0 aliphatic heterocycles. The lowest BCUT2D eigenvalue weighted by Crippen LogP contribution is -2.32. The van der Waals surface area contributed by atoms with Crippen LogP contribution in [0.5, 0.6) is 0 Å². The highest BCUT2D eigenvalue weighted by Crippen LogP contribution is 2.38. The Morgan fingerprint density at radius 2 is 2.05 bits per heavy atom. The third-order valence-corrected chi connectivity index (χ3v) is 4.67. The molecule has 3 nitrogen and oxygen atoms in total. The number of nitrogens with zero attached hydrogens (tertiary/aromatic N) is 2. The Morgan fingerprint density at radius 3 is 2.63 bits per heavy atom. The van der Waals surface area contributed by atoms with Crippen LogP contribution in [0.25, 0.3) is 0 Å². The molecule has 1 aliphatic rings. The first kappa shape index (κ1) is 14.9. The van der Waals surface area contributed by atoms with E-state index < -0.39 is 0 Å². The molecule has 1 aromatic rings. The Labute approximate surface area is 121 Å². The van der Waals surface area contributed by atoms with E-state index in [9.17, 15) is 0 Å². The summed E-state index contributed by atoms with van der Waals surface area (Å²) < 4.78 is 2.05. The molecule has 1 aromatic heterocycles. The minimum Gasteiger partial charge on any atom is -0.309 e. The minimum absolute atomic E-state index is 0.354. The quantitative estimate of drug-likeness (QED) is 0.884. The molecule has 1 atom stereocenters. The van der Waals surface area contributed by atoms with Gasteiger partial charge in [-0.15, -0.1) is 0 Å². The monoisotopic (exact) mass is 283 g/mol. The van der Waals surface area contributed by atoms with Crippen molar-refractivity contribution in [3.05, 3.63) is 16.9 Å². The number of aryl methyl sites for hydroxylation is 1. The van der Waals surface area contributed by atoms with Gasteiger partial charge in [-0.3, -0.25) is 4.68 Å². The molecule has 4 heteroatoms. The number of halogens is 1. The van der Waals surface area contributed by atoms with E-state index in [1.165, 1.54) is 31.4 Å². The van der Waals surface area contributed by atoms with Gasteiger partial charge in [0.15, 0.2) is 0 Å². The maximum atomic E-state index is 6.38. The van der Waals surface area contributed by atoms with Crippen LogP contribution in [-0.4, -0.2) is 16.3 Å². The van der Waals surface area contributed by atoms with Crippen molar-refractivity contribution in [1.29, 1.82) is 0 Å². The van der Waals surface area contributed by atoms with E-state index in [0.29, 0.717) is 12.0 Å². The van der Waals surface area contributed by atoms with Gasteiger partial charge in [-0.2, -0.15) is 5.10 Å². The molecule has 2 rings (SSSR count). The average molecular weight is 284 g/mol. The standard InChI is InChI=1S/C15H26ClN3/c1-4-17-14(12-8-6-11(3)7-9-12)15-13(16)10-18-19(15)5-2/h10-12,14,17H,4-9H2,1-3H3. The van der Waals surface area contributed by atoms with Crippen LogP contribution in [0.3, 0.4) is 0 Å². The van der Waals surface area contributed by atoms with Gasteiger partial charge < -0.3 is 5.32 Å². The van der Waals surface area contributed by atoms with Crippen LogP contribution in [0.1, 0.15) is 58.2 Å². The molecule has 19 heavy (non-hydrogen) atoms. The van der Waals surface area contributed by atoms with Crippen molar-refractivity contribution < 1.29 is 0 Å². The lowest BCUT2D eigenvalue weighted by molar-refractivity contribution is 0.226. The maximum Gasteiger partial charge on any atom is 0.0834 e. The van der Waals surface area contributed by atoms with Gasteiger partial charge >= 0.3 is 0 Å². The summed E-state index contributed by atoms with van der Waals surface area (Å²) in [7, 11) is 0. The SMILES string of the molecule is CCNC(c1c(Cl)cnn1CC)C1CCC(C)CC1. The Kier molecular flexibility index (Phi) is 5.28. The first-order valence-electron chi connectivity index (χ1n) is 7.61. The summed E-state index contributed by atoms with van der Waals surface area (Å²) in [6.07, 6.45) is 7.05. The van der Waals surface area contributed by atoms with Crippen molar-refractivity contribution in [2.24, 2.45) is 11.8 Å². The van der Waals surface area contributed by atoms with E-state index in [0.717, 1.165) is 24.0 Å². The molecule has 0 aromatic carbocycles. The first-order valence-corrected chi connectivity index (χ1v) is 7.99. The molecular weight excluding hydrogens is 258 g/mol. The fourth-order valence-electron chi connectivity index (χ4n) is 3.26. The zero-order valence-electron chi connectivity index (χ0n) is 12.3. The predicted molar refractivity (Wildman–Crippen MR) is 80.5 cm³/mol. The van der Waals surface area contributed by atoms with E-state index in [1.54, 1.807) is 6.20 Å². The third kappa shape index (κ3) is 3.32. The van der Waals surface area contributed by atoms with Gasteiger partial charge in [0.2, 0.25) is 0 Å². The van der Waals surface area contributed by atoms with Crippen LogP contribution in [0.2, 0.25) is 5.02 Å². The van der Waals surface area contributed by atoms with E-state index in [2.05, 4.69) is 31.2 Å². The van der Waals surface area contributed by atoms with Gasteiger partial charge in [-0.25, -0.2) is 0 Å². The van der Waals surface area contributed by atoms with Crippen LogP contribution >= 0.6 is 11.6 Å². The molecule has 0 bridgehead atoms. The Morgan fingerprint density at radius 1 is 1.37 bits per heavy atom. The summed E-state index contributed by atoms with van der Waals surface area (Å²) in [5.74, 6) is 1.57. The van der Waals surface area contributed by atoms with E-state index in [4.69, 9.17) is 11.6 Å². The molecule has 1 aliphatic carbocycles. The molecular formula is C15H26ClN3. The fourth-order valence-corrected chi connectivity index (χ4v) is 3.52. The molecule has 0 spiro atoms. The van der Waals surface area contributed by atoms with E-state index >= 15 is 0 Å². The number of rotatable bonds is 5. The highest BCUT2D eigenvalue weighted by atomic mass is 35.5. The molecule has 0 radical (unpaired) electrons. The van der Waals surface area contributed by atoms with Crippen molar-refractivity contribution in [2.75, 3.05) is 6.54 Å². The second kappa shape index (κ2) is 6.76. The molecule has 1 heterocycles. The van der Waals surface area contributed by atoms with Crippen LogP contribution in [0.4, 0.5) is 0 Å². The molecule has 1 unspecified atom stereocenters. The summed E-state index contributed by atoms with van der Waals surface area (Å²) in [5, 5.41) is 8.84. The third-order valence-electron chi connectivity index (χ3n) is 4.38. The van der Waals surface area contributed by atoms with Gasteiger partial charge in [0.25, 0.3) is 0 Å². The highest BCUT2D eigenvalue weighted by molar-refractivity contribution is 6.31. The topological polar surface area (TPSA) is 29.9 Å². The Hall–Kier alpha value is -0.540. The van der Waals surface area contributed by atoms with Crippen LogP contribution in [-0.2, 0) is 6.54 Å². The molecule has 1 fully saturated rings. The van der Waals surface area contributed by atoms with Crippen molar-refractivity contribution >= 4 is 11.6 Å². The maximum absolute atomic E-state index is 6.38. The van der Waals surface area contributed by atoms with Crippen molar-refractivity contribution in [2.45, 2.75) is 59.0 Å². The highest BCUT2D eigenvalue weighted by Gasteiger charge is 2.30.